The van der Waals surface area contributed by atoms with Crippen molar-refractivity contribution in [3.63, 3.8) is 0 Å². The Hall–Kier alpha value is -2.04. The first-order valence-electron chi connectivity index (χ1n) is 6.81. The van der Waals surface area contributed by atoms with Crippen LogP contribution in [0.1, 0.15) is 31.2 Å². The summed E-state index contributed by atoms with van der Waals surface area (Å²) in [6.45, 7) is 0.645. The summed E-state index contributed by atoms with van der Waals surface area (Å²) in [6, 6.07) is 4.38. The summed E-state index contributed by atoms with van der Waals surface area (Å²) in [5.41, 5.74) is 0.571. The minimum absolute atomic E-state index is 0.00309. The maximum Gasteiger partial charge on any atom is 0.306 e. The summed E-state index contributed by atoms with van der Waals surface area (Å²) in [5, 5.41) is 27.7. The van der Waals surface area contributed by atoms with Crippen LogP contribution in [0, 0.1) is 11.8 Å². The van der Waals surface area contributed by atoms with Gasteiger partial charge in [0.25, 0.3) is 0 Å². The average molecular weight is 277 g/mol. The predicted molar refractivity (Wildman–Crippen MR) is 75.3 cm³/mol. The Morgan fingerprint density at radius 2 is 1.95 bits per heavy atom. The maximum atomic E-state index is 10.8. The molecule has 0 unspecified atom stereocenters. The molecule has 1 saturated carbocycles. The Balaban J connectivity index is 1.84. The first kappa shape index (κ1) is 14.4. The third kappa shape index (κ3) is 3.73. The molecule has 3 N–H and O–H groups in total. The Labute approximate surface area is 117 Å². The number of rotatable bonds is 4. The highest BCUT2D eigenvalue weighted by atomic mass is 16.4. The summed E-state index contributed by atoms with van der Waals surface area (Å²) < 4.78 is 0. The largest absolute Gasteiger partial charge is 0.508 e. The monoisotopic (exact) mass is 277 g/mol. The van der Waals surface area contributed by atoms with E-state index in [0.29, 0.717) is 18.0 Å². The zero-order valence-electron chi connectivity index (χ0n) is 11.2. The zero-order valence-corrected chi connectivity index (χ0v) is 11.2. The van der Waals surface area contributed by atoms with Crippen molar-refractivity contribution in [3.8, 4) is 11.5 Å². The maximum absolute atomic E-state index is 10.8. The van der Waals surface area contributed by atoms with Crippen LogP contribution in [0.15, 0.2) is 23.2 Å². The molecule has 0 atom stereocenters. The number of aromatic hydroxyl groups is 2. The molecule has 1 aromatic carbocycles. The molecule has 20 heavy (non-hydrogen) atoms. The lowest BCUT2D eigenvalue weighted by Crippen LogP contribution is -2.22. The fourth-order valence-electron chi connectivity index (χ4n) is 2.53. The highest BCUT2D eigenvalue weighted by Gasteiger charge is 2.25. The van der Waals surface area contributed by atoms with Crippen LogP contribution in [0.25, 0.3) is 0 Å². The van der Waals surface area contributed by atoms with Crippen molar-refractivity contribution >= 4 is 12.2 Å². The van der Waals surface area contributed by atoms with Gasteiger partial charge in [-0.3, -0.25) is 9.79 Å². The summed E-state index contributed by atoms with van der Waals surface area (Å²) in [6.07, 6.45) is 4.81. The number of hydrogen-bond donors (Lipinski definition) is 3. The van der Waals surface area contributed by atoms with Crippen molar-refractivity contribution in [2.45, 2.75) is 25.7 Å². The van der Waals surface area contributed by atoms with Crippen LogP contribution in [-0.4, -0.2) is 34.0 Å². The first-order valence-corrected chi connectivity index (χ1v) is 6.81. The van der Waals surface area contributed by atoms with Gasteiger partial charge in [0.1, 0.15) is 11.5 Å². The molecule has 0 saturated heterocycles. The zero-order chi connectivity index (χ0) is 14.5. The third-order valence-corrected chi connectivity index (χ3v) is 3.80. The van der Waals surface area contributed by atoms with Crippen molar-refractivity contribution in [1.82, 2.24) is 0 Å². The number of carbonyl (C=O) groups is 1. The van der Waals surface area contributed by atoms with Crippen molar-refractivity contribution < 1.29 is 20.1 Å². The van der Waals surface area contributed by atoms with E-state index in [2.05, 4.69) is 4.99 Å². The average Bonchev–Trinajstić information content (AvgIpc) is 2.42. The van der Waals surface area contributed by atoms with Crippen LogP contribution >= 0.6 is 0 Å². The number of aliphatic imine (C=N–C) groups is 1. The number of carboxylic acids is 1. The van der Waals surface area contributed by atoms with Crippen molar-refractivity contribution in [2.24, 2.45) is 16.8 Å². The van der Waals surface area contributed by atoms with Gasteiger partial charge in [0.05, 0.1) is 5.92 Å². The molecule has 0 radical (unpaired) electrons. The van der Waals surface area contributed by atoms with Crippen LogP contribution in [-0.2, 0) is 4.79 Å². The van der Waals surface area contributed by atoms with E-state index in [9.17, 15) is 15.0 Å². The van der Waals surface area contributed by atoms with Gasteiger partial charge in [-0.1, -0.05) is 0 Å². The summed E-state index contributed by atoms with van der Waals surface area (Å²) in [4.78, 5) is 15.2. The van der Waals surface area contributed by atoms with Crippen molar-refractivity contribution in [1.29, 1.82) is 0 Å². The van der Waals surface area contributed by atoms with Gasteiger partial charge in [0.15, 0.2) is 0 Å². The van der Waals surface area contributed by atoms with Crippen LogP contribution in [0.5, 0.6) is 11.5 Å². The number of phenolic OH excluding ortho intramolecular Hbond substituents is 2. The minimum atomic E-state index is -0.694. The molecule has 0 spiro atoms. The fraction of sp³-hybridized carbons (Fsp3) is 0.467. The molecule has 2 rings (SSSR count). The number of phenols is 2. The molecule has 5 heteroatoms. The summed E-state index contributed by atoms with van der Waals surface area (Å²) >= 11 is 0. The van der Waals surface area contributed by atoms with Gasteiger partial charge < -0.3 is 15.3 Å². The Kier molecular flexibility index (Phi) is 4.61. The fourth-order valence-corrected chi connectivity index (χ4v) is 2.53. The predicted octanol–water partition coefficient (Wildman–Crippen LogP) is 2.41. The van der Waals surface area contributed by atoms with E-state index in [1.165, 1.54) is 12.1 Å². The standard InChI is InChI=1S/C15H19NO4/c17-13-6-5-12(14(18)7-13)9-16-8-10-1-3-11(4-2-10)15(19)20/h5-7,9-11,17-18H,1-4,8H2,(H,19,20)/t10-,11-. The normalized spacial score (nSPS) is 23.0. The molecule has 0 aromatic heterocycles. The van der Waals surface area contributed by atoms with Gasteiger partial charge in [0, 0.05) is 24.4 Å². The molecule has 1 fully saturated rings. The van der Waals surface area contributed by atoms with E-state index in [4.69, 9.17) is 5.11 Å². The molecular weight excluding hydrogens is 258 g/mol. The lowest BCUT2D eigenvalue weighted by atomic mass is 9.82. The second-order valence-electron chi connectivity index (χ2n) is 5.29. The van der Waals surface area contributed by atoms with E-state index in [1.54, 1.807) is 12.3 Å². The van der Waals surface area contributed by atoms with Crippen LogP contribution in [0.2, 0.25) is 0 Å². The molecule has 0 aliphatic heterocycles. The smallest absolute Gasteiger partial charge is 0.306 e. The van der Waals surface area contributed by atoms with Gasteiger partial charge in [-0.05, 0) is 43.7 Å². The topological polar surface area (TPSA) is 90.1 Å². The van der Waals surface area contributed by atoms with Crippen molar-refractivity contribution in [2.75, 3.05) is 6.54 Å². The lowest BCUT2D eigenvalue weighted by Gasteiger charge is -2.24. The van der Waals surface area contributed by atoms with E-state index in [1.807, 2.05) is 0 Å². The number of hydrogen-bond acceptors (Lipinski definition) is 4. The van der Waals surface area contributed by atoms with Crippen LogP contribution in [0.3, 0.4) is 0 Å². The molecule has 108 valence electrons. The quantitative estimate of drug-likeness (QED) is 0.737. The number of aliphatic carboxylic acids is 1. The second-order valence-corrected chi connectivity index (χ2v) is 5.29. The van der Waals surface area contributed by atoms with Gasteiger partial charge in [-0.15, -0.1) is 0 Å². The molecule has 1 aromatic rings. The second kappa shape index (κ2) is 6.41. The third-order valence-electron chi connectivity index (χ3n) is 3.80. The number of nitrogens with zero attached hydrogens (tertiary/aromatic N) is 1. The van der Waals surface area contributed by atoms with E-state index >= 15 is 0 Å². The Bertz CT molecular complexity index is 505. The van der Waals surface area contributed by atoms with Gasteiger partial charge in [0.2, 0.25) is 0 Å². The summed E-state index contributed by atoms with van der Waals surface area (Å²) in [7, 11) is 0. The van der Waals surface area contributed by atoms with Gasteiger partial charge >= 0.3 is 5.97 Å². The molecule has 1 aliphatic rings. The molecule has 0 bridgehead atoms. The molecule has 0 amide bonds. The van der Waals surface area contributed by atoms with E-state index < -0.39 is 5.97 Å². The van der Waals surface area contributed by atoms with Crippen LogP contribution < -0.4 is 0 Å². The Morgan fingerprint density at radius 1 is 1.25 bits per heavy atom. The minimum Gasteiger partial charge on any atom is -0.508 e. The molecular formula is C15H19NO4. The highest BCUT2D eigenvalue weighted by Crippen LogP contribution is 2.29. The summed E-state index contributed by atoms with van der Waals surface area (Å²) in [5.74, 6) is -0.451. The lowest BCUT2D eigenvalue weighted by molar-refractivity contribution is -0.143. The van der Waals surface area contributed by atoms with Crippen molar-refractivity contribution in [3.05, 3.63) is 23.8 Å². The van der Waals surface area contributed by atoms with Gasteiger partial charge in [-0.25, -0.2) is 0 Å². The number of carboxylic acid groups (broad SMARTS) is 1. The molecule has 0 heterocycles. The highest BCUT2D eigenvalue weighted by molar-refractivity contribution is 5.83. The molecule has 5 nitrogen and oxygen atoms in total. The van der Waals surface area contributed by atoms with E-state index in [0.717, 1.165) is 25.7 Å². The molecule has 1 aliphatic carbocycles. The first-order chi connectivity index (χ1) is 9.56. The Morgan fingerprint density at radius 3 is 2.55 bits per heavy atom. The number of benzene rings is 1. The van der Waals surface area contributed by atoms with Gasteiger partial charge in [-0.2, -0.15) is 0 Å². The van der Waals surface area contributed by atoms with Crippen LogP contribution in [0.4, 0.5) is 0 Å². The SMILES string of the molecule is O=C(O)[C@H]1CC[C@H](CN=Cc2ccc(O)cc2O)CC1. The van der Waals surface area contributed by atoms with E-state index in [-0.39, 0.29) is 17.4 Å².